The molecule has 2 heterocycles. The maximum Gasteiger partial charge on any atom is 0.410 e. The molecule has 0 aromatic heterocycles. The molecule has 1 amide bonds. The average Bonchev–Trinajstić information content (AvgIpc) is 3.35. The van der Waals surface area contributed by atoms with Crippen LogP contribution in [0.4, 0.5) is 4.79 Å². The molecular weight excluding hydrogens is 624 g/mol. The lowest BCUT2D eigenvalue weighted by Gasteiger charge is -2.44. The molecule has 0 bridgehead atoms. The molecular formula is C33H52N6O9. The van der Waals surface area contributed by atoms with Crippen LogP contribution in [0.1, 0.15) is 59.9 Å². The van der Waals surface area contributed by atoms with Crippen LogP contribution in [0.2, 0.25) is 0 Å². The van der Waals surface area contributed by atoms with Crippen LogP contribution >= 0.6 is 0 Å². The molecule has 1 aromatic carbocycles. The van der Waals surface area contributed by atoms with Crippen molar-refractivity contribution in [3.63, 3.8) is 0 Å². The van der Waals surface area contributed by atoms with Gasteiger partial charge in [-0.25, -0.2) is 19.2 Å². The first-order valence-electron chi connectivity index (χ1n) is 16.1. The number of hydrogen-bond donors (Lipinski definition) is 4. The molecule has 2 fully saturated rings. The summed E-state index contributed by atoms with van der Waals surface area (Å²) >= 11 is 0. The summed E-state index contributed by atoms with van der Waals surface area (Å²) in [5.74, 6) is -2.18. The molecule has 2 aliphatic heterocycles. The molecule has 3 unspecified atom stereocenters. The average molecular weight is 677 g/mol. The van der Waals surface area contributed by atoms with E-state index in [0.29, 0.717) is 43.9 Å². The first-order valence-corrected chi connectivity index (χ1v) is 16.1. The number of cyclic esters (lactones) is 1. The van der Waals surface area contributed by atoms with E-state index in [2.05, 4.69) is 5.32 Å². The van der Waals surface area contributed by atoms with E-state index in [4.69, 9.17) is 40.6 Å². The number of piperazine rings is 1. The van der Waals surface area contributed by atoms with Gasteiger partial charge in [0.15, 0.2) is 11.6 Å². The summed E-state index contributed by atoms with van der Waals surface area (Å²) in [6.07, 6.45) is -0.627. The molecule has 268 valence electrons. The number of carbonyl (C=O) groups is 4. The summed E-state index contributed by atoms with van der Waals surface area (Å²) in [6.45, 7) is 13.3. The predicted octanol–water partition coefficient (Wildman–Crippen LogP) is 1.34. The lowest BCUT2D eigenvalue weighted by molar-refractivity contribution is -0.170. The van der Waals surface area contributed by atoms with E-state index in [-0.39, 0.29) is 38.4 Å². The molecule has 0 saturated carbocycles. The van der Waals surface area contributed by atoms with E-state index in [1.54, 1.807) is 70.7 Å². The van der Waals surface area contributed by atoms with E-state index < -0.39 is 52.4 Å². The minimum absolute atomic E-state index is 0.0819. The summed E-state index contributed by atoms with van der Waals surface area (Å²) in [7, 11) is 1.15. The van der Waals surface area contributed by atoms with Crippen LogP contribution in [0.25, 0.3) is 0 Å². The number of nitrogens with one attached hydrogen (secondary N) is 2. The smallest absolute Gasteiger partial charge is 0.410 e. The van der Waals surface area contributed by atoms with Crippen molar-refractivity contribution in [3.05, 3.63) is 29.8 Å². The van der Waals surface area contributed by atoms with Crippen LogP contribution in [-0.4, -0.2) is 121 Å². The van der Waals surface area contributed by atoms with E-state index in [1.165, 1.54) is 0 Å². The monoisotopic (exact) mass is 676 g/mol. The van der Waals surface area contributed by atoms with Gasteiger partial charge in [-0.1, -0.05) is 12.1 Å². The first kappa shape index (κ1) is 38.5. The molecule has 3 atom stereocenters. The largest absolute Gasteiger partial charge is 0.490 e. The third-order valence-corrected chi connectivity index (χ3v) is 7.91. The fourth-order valence-corrected chi connectivity index (χ4v) is 5.58. The van der Waals surface area contributed by atoms with Gasteiger partial charge in [-0.15, -0.1) is 0 Å². The fourth-order valence-electron chi connectivity index (χ4n) is 5.58. The van der Waals surface area contributed by atoms with Crippen molar-refractivity contribution >= 4 is 29.8 Å². The highest BCUT2D eigenvalue weighted by Crippen LogP contribution is 2.28. The van der Waals surface area contributed by atoms with Crippen molar-refractivity contribution in [1.82, 2.24) is 15.1 Å². The number of amides is 1. The Balaban J connectivity index is 1.59. The number of carbonyl (C=O) groups excluding carboxylic acids is 4. The first-order chi connectivity index (χ1) is 22.3. The number of methoxy groups -OCH3 is 1. The fraction of sp³-hybridized carbons (Fsp3) is 0.667. The van der Waals surface area contributed by atoms with Crippen molar-refractivity contribution in [3.8, 4) is 5.75 Å². The number of benzene rings is 1. The summed E-state index contributed by atoms with van der Waals surface area (Å²) in [6, 6.07) is 6.65. The molecule has 15 heteroatoms. The van der Waals surface area contributed by atoms with Gasteiger partial charge in [-0.3, -0.25) is 10.3 Å². The lowest BCUT2D eigenvalue weighted by atomic mass is 9.88. The molecule has 15 nitrogen and oxygen atoms in total. The quantitative estimate of drug-likeness (QED) is 0.0722. The normalized spacial score (nSPS) is 19.8. The van der Waals surface area contributed by atoms with Gasteiger partial charge in [0, 0.05) is 39.1 Å². The Morgan fingerprint density at radius 3 is 2.10 bits per heavy atom. The molecule has 6 N–H and O–H groups in total. The number of nitrogens with two attached hydrogens (primary N) is 2. The van der Waals surface area contributed by atoms with Crippen molar-refractivity contribution in [2.45, 2.75) is 89.2 Å². The number of hydrogen-bond acceptors (Lipinski definition) is 13. The highest BCUT2D eigenvalue weighted by molar-refractivity contribution is 6.08. The Morgan fingerprint density at radius 1 is 0.979 bits per heavy atom. The molecule has 0 radical (unpaired) electrons. The number of amidine groups is 1. The molecule has 0 aliphatic carbocycles. The highest BCUT2D eigenvalue weighted by Gasteiger charge is 2.50. The van der Waals surface area contributed by atoms with Crippen molar-refractivity contribution in [1.29, 1.82) is 5.41 Å². The van der Waals surface area contributed by atoms with Crippen LogP contribution < -0.4 is 21.5 Å². The predicted molar refractivity (Wildman–Crippen MR) is 176 cm³/mol. The van der Waals surface area contributed by atoms with Gasteiger partial charge in [-0.2, -0.15) is 0 Å². The standard InChI is InChI=1S/C33H52N6O9/c1-30(2,3)47-27(41)32(36,26(40)44-7)19-22-9-11-23(12-10-22)45-21-24-20-38(29(43)46-24)16-8-13-33(25(34)35,28(42)48-31(4,5)6)39-17-14-37-15-18-39/h9-12,24,37H,8,13-21,36H2,1-7H3,(H3,34,35). The van der Waals surface area contributed by atoms with Gasteiger partial charge in [0.05, 0.1) is 13.7 Å². The van der Waals surface area contributed by atoms with Gasteiger partial charge < -0.3 is 45.4 Å². The second-order valence-electron chi connectivity index (χ2n) is 14.2. The van der Waals surface area contributed by atoms with Crippen LogP contribution in [0, 0.1) is 5.41 Å². The summed E-state index contributed by atoms with van der Waals surface area (Å²) in [5.41, 5.74) is 7.80. The molecule has 48 heavy (non-hydrogen) atoms. The van der Waals surface area contributed by atoms with Crippen LogP contribution in [0.3, 0.4) is 0 Å². The number of rotatable bonds is 14. The van der Waals surface area contributed by atoms with E-state index in [0.717, 1.165) is 7.11 Å². The third-order valence-electron chi connectivity index (χ3n) is 7.91. The van der Waals surface area contributed by atoms with Gasteiger partial charge in [0.25, 0.3) is 0 Å². The SMILES string of the molecule is COC(=O)C(N)(Cc1ccc(OCC2CN(CCCC(C(=N)N)(C(=O)OC(C)(C)C)N3CCNCC3)C(=O)O2)cc1)C(=O)OC(C)(C)C. The Labute approximate surface area is 282 Å². The van der Waals surface area contributed by atoms with E-state index in [9.17, 15) is 19.2 Å². The summed E-state index contributed by atoms with van der Waals surface area (Å²) in [4.78, 5) is 54.9. The van der Waals surface area contributed by atoms with Gasteiger partial charge in [-0.05, 0) is 72.1 Å². The zero-order valence-electron chi connectivity index (χ0n) is 29.2. The van der Waals surface area contributed by atoms with Gasteiger partial charge in [0.2, 0.25) is 5.54 Å². The Hall–Kier alpha value is -3.95. The molecule has 1 aromatic rings. The summed E-state index contributed by atoms with van der Waals surface area (Å²) in [5, 5.41) is 11.7. The Bertz CT molecular complexity index is 1320. The molecule has 3 rings (SSSR count). The summed E-state index contributed by atoms with van der Waals surface area (Å²) < 4.78 is 27.3. The topological polar surface area (TPSA) is 209 Å². The van der Waals surface area contributed by atoms with Crippen LogP contribution in [-0.2, 0) is 39.8 Å². The van der Waals surface area contributed by atoms with Crippen LogP contribution in [0.15, 0.2) is 24.3 Å². The van der Waals surface area contributed by atoms with Gasteiger partial charge in [0.1, 0.15) is 29.4 Å². The van der Waals surface area contributed by atoms with Crippen molar-refractivity contribution in [2.24, 2.45) is 11.5 Å². The maximum atomic E-state index is 13.5. The van der Waals surface area contributed by atoms with E-state index >= 15 is 0 Å². The third kappa shape index (κ3) is 9.80. The lowest BCUT2D eigenvalue weighted by Crippen LogP contribution is -2.67. The molecule has 2 aliphatic rings. The zero-order chi connectivity index (χ0) is 35.9. The molecule has 2 saturated heterocycles. The number of ether oxygens (including phenoxy) is 5. The van der Waals surface area contributed by atoms with Crippen molar-refractivity contribution in [2.75, 3.05) is 53.0 Å². The maximum absolute atomic E-state index is 13.5. The number of esters is 3. The second-order valence-corrected chi connectivity index (χ2v) is 14.2. The van der Waals surface area contributed by atoms with Gasteiger partial charge >= 0.3 is 24.0 Å². The van der Waals surface area contributed by atoms with E-state index in [1.807, 2.05) is 4.90 Å². The second kappa shape index (κ2) is 15.5. The highest BCUT2D eigenvalue weighted by atomic mass is 16.6. The Morgan fingerprint density at radius 2 is 1.56 bits per heavy atom. The Kier molecular flexibility index (Phi) is 12.4. The van der Waals surface area contributed by atoms with Crippen LogP contribution in [0.5, 0.6) is 5.75 Å². The minimum atomic E-state index is -2.03. The zero-order valence-corrected chi connectivity index (χ0v) is 29.2. The number of nitrogens with zero attached hydrogens (tertiary/aromatic N) is 2. The van der Waals surface area contributed by atoms with Crippen molar-refractivity contribution < 1.29 is 42.9 Å². The minimum Gasteiger partial charge on any atom is -0.490 e. The molecule has 0 spiro atoms.